The molecule has 4 aromatic rings. The fourth-order valence-electron chi connectivity index (χ4n) is 10.1. The third kappa shape index (κ3) is 8.92. The van der Waals surface area contributed by atoms with Crippen LogP contribution in [0.5, 0.6) is 5.75 Å². The van der Waals surface area contributed by atoms with Gasteiger partial charge in [-0.2, -0.15) is 15.6 Å². The quantitative estimate of drug-likeness (QED) is 0.205. The van der Waals surface area contributed by atoms with Crippen LogP contribution in [-0.4, -0.2) is 105 Å². The van der Waals surface area contributed by atoms with Crippen molar-refractivity contribution in [2.45, 2.75) is 102 Å². The molecule has 0 radical (unpaired) electrons. The summed E-state index contributed by atoms with van der Waals surface area (Å²) in [6.07, 6.45) is 12.0. The number of nitrogens with one attached hydrogen (secondary N) is 1. The molecule has 4 aliphatic heterocycles. The number of nitrogens with zero attached hydrogens (tertiary/aromatic N) is 11. The first-order valence-electron chi connectivity index (χ1n) is 22.2. The molecule has 7 heterocycles. The molecule has 3 fully saturated rings. The molecule has 2 amide bonds. The summed E-state index contributed by atoms with van der Waals surface area (Å²) in [4.78, 5) is 39.1. The van der Waals surface area contributed by atoms with E-state index in [0.717, 1.165) is 138 Å². The minimum atomic E-state index is -0.205. The summed E-state index contributed by atoms with van der Waals surface area (Å²) < 4.78 is 8.41. The van der Waals surface area contributed by atoms with Gasteiger partial charge in [0.1, 0.15) is 23.6 Å². The van der Waals surface area contributed by atoms with Crippen molar-refractivity contribution in [3.8, 4) is 17.9 Å². The second-order valence-corrected chi connectivity index (χ2v) is 17.9. The standard InChI is InChI=1S/C46H53ClN12O3/c1-30(60)57-22-16-42-39(29-57)45(58-17-2-3-32-23-35(26-49)50-27-43(32)58)54-59(42)36-14-18-55(19-15-36)28-31-12-20-56(21-13-31)44-11-10-41(52-53-44)46(61)51-34-5-8-37(9-6-34)62-38-7-4-33(25-48)40(47)24-38/h4,7,10-11,23-24,27,31,34,36-37H,2-3,5-6,8-9,12-22,28-29H2,1H3,(H,51,61). The van der Waals surface area contributed by atoms with Gasteiger partial charge in [0.15, 0.2) is 17.3 Å². The lowest BCUT2D eigenvalue weighted by Crippen LogP contribution is -2.42. The van der Waals surface area contributed by atoms with Crippen LogP contribution < -0.4 is 19.9 Å². The van der Waals surface area contributed by atoms with Crippen LogP contribution in [0.15, 0.2) is 42.6 Å². The second-order valence-electron chi connectivity index (χ2n) is 17.5. The predicted octanol–water partition coefficient (Wildman–Crippen LogP) is 6.13. The normalized spacial score (nSPS) is 21.1. The van der Waals surface area contributed by atoms with Gasteiger partial charge >= 0.3 is 0 Å². The Balaban J connectivity index is 0.743. The lowest BCUT2D eigenvalue weighted by Gasteiger charge is -2.38. The monoisotopic (exact) mass is 856 g/mol. The molecule has 0 atom stereocenters. The first-order valence-corrected chi connectivity index (χ1v) is 22.6. The number of fused-ring (bicyclic) bond motifs is 2. The maximum Gasteiger partial charge on any atom is 0.272 e. The summed E-state index contributed by atoms with van der Waals surface area (Å²) in [6.45, 7) is 8.71. The number of likely N-dealkylation sites (tertiary alicyclic amines) is 1. The summed E-state index contributed by atoms with van der Waals surface area (Å²) in [5, 5.41) is 36.3. The number of nitriles is 2. The molecule has 5 aliphatic rings. The molecule has 322 valence electrons. The van der Waals surface area contributed by atoms with E-state index in [9.17, 15) is 14.9 Å². The van der Waals surface area contributed by atoms with Crippen LogP contribution >= 0.6 is 11.6 Å². The average Bonchev–Trinajstić information content (AvgIpc) is 3.68. The summed E-state index contributed by atoms with van der Waals surface area (Å²) in [5.41, 5.74) is 5.73. The lowest BCUT2D eigenvalue weighted by molar-refractivity contribution is -0.129. The van der Waals surface area contributed by atoms with Gasteiger partial charge in [0.05, 0.1) is 41.2 Å². The van der Waals surface area contributed by atoms with Crippen molar-refractivity contribution in [3.05, 3.63) is 81.4 Å². The third-order valence-electron chi connectivity index (χ3n) is 13.6. The number of carbonyl (C=O) groups excluding carboxylic acids is 2. The number of anilines is 3. The number of pyridine rings is 1. The highest BCUT2D eigenvalue weighted by Gasteiger charge is 2.35. The zero-order valence-electron chi connectivity index (χ0n) is 35.3. The summed E-state index contributed by atoms with van der Waals surface area (Å²) in [5.74, 6) is 2.89. The highest BCUT2D eigenvalue weighted by atomic mass is 35.5. The molecule has 0 spiro atoms. The van der Waals surface area contributed by atoms with Crippen molar-refractivity contribution in [1.29, 1.82) is 10.5 Å². The number of ether oxygens (including phenoxy) is 1. The second kappa shape index (κ2) is 18.3. The first-order chi connectivity index (χ1) is 30.2. The van der Waals surface area contributed by atoms with Crippen molar-refractivity contribution >= 4 is 40.7 Å². The van der Waals surface area contributed by atoms with Gasteiger partial charge in [0, 0.05) is 82.5 Å². The Kier molecular flexibility index (Phi) is 12.3. The fraction of sp³-hybridized carbons (Fsp3) is 0.522. The van der Waals surface area contributed by atoms with E-state index in [1.54, 1.807) is 31.2 Å². The first kappa shape index (κ1) is 41.6. The third-order valence-corrected chi connectivity index (χ3v) is 13.9. The number of rotatable bonds is 9. The molecule has 1 saturated carbocycles. The van der Waals surface area contributed by atoms with Gasteiger partial charge in [-0.3, -0.25) is 14.3 Å². The van der Waals surface area contributed by atoms with Crippen molar-refractivity contribution in [2.24, 2.45) is 5.92 Å². The minimum absolute atomic E-state index is 0.0307. The summed E-state index contributed by atoms with van der Waals surface area (Å²) in [7, 11) is 0. The van der Waals surface area contributed by atoms with Crippen molar-refractivity contribution in [1.82, 2.24) is 40.1 Å². The average molecular weight is 857 g/mol. The molecule has 62 heavy (non-hydrogen) atoms. The molecule has 1 aromatic carbocycles. The Morgan fingerprint density at radius 3 is 2.42 bits per heavy atom. The minimum Gasteiger partial charge on any atom is -0.490 e. The number of hydrogen-bond acceptors (Lipinski definition) is 12. The molecule has 16 heteroatoms. The summed E-state index contributed by atoms with van der Waals surface area (Å²) >= 11 is 6.17. The highest BCUT2D eigenvalue weighted by Crippen LogP contribution is 2.40. The highest BCUT2D eigenvalue weighted by molar-refractivity contribution is 6.31. The van der Waals surface area contributed by atoms with Gasteiger partial charge in [-0.25, -0.2) is 4.98 Å². The van der Waals surface area contributed by atoms with E-state index in [0.29, 0.717) is 52.8 Å². The Hall–Kier alpha value is -5.77. The summed E-state index contributed by atoms with van der Waals surface area (Å²) in [6, 6.07) is 15.3. The van der Waals surface area contributed by atoms with E-state index < -0.39 is 0 Å². The molecule has 15 nitrogen and oxygen atoms in total. The van der Waals surface area contributed by atoms with E-state index in [1.165, 1.54) is 5.69 Å². The van der Waals surface area contributed by atoms with Crippen LogP contribution in [0.1, 0.15) is 109 Å². The van der Waals surface area contributed by atoms with E-state index in [4.69, 9.17) is 26.7 Å². The Morgan fingerprint density at radius 2 is 1.71 bits per heavy atom. The number of benzene rings is 1. The largest absolute Gasteiger partial charge is 0.490 e. The van der Waals surface area contributed by atoms with Crippen LogP contribution in [0, 0.1) is 28.6 Å². The number of halogens is 1. The molecule has 1 N–H and O–H groups in total. The Labute approximate surface area is 367 Å². The van der Waals surface area contributed by atoms with Crippen LogP contribution in [0.25, 0.3) is 0 Å². The van der Waals surface area contributed by atoms with Crippen LogP contribution in [0.4, 0.5) is 17.3 Å². The molecule has 9 rings (SSSR count). The number of hydrogen-bond donors (Lipinski definition) is 1. The van der Waals surface area contributed by atoms with Crippen LogP contribution in [0.2, 0.25) is 5.02 Å². The molecule has 1 aliphatic carbocycles. The maximum absolute atomic E-state index is 13.1. The molecular formula is C46H53ClN12O3. The topological polar surface area (TPSA) is 172 Å². The molecule has 0 bridgehead atoms. The number of piperidine rings is 2. The van der Waals surface area contributed by atoms with E-state index in [1.807, 2.05) is 23.2 Å². The van der Waals surface area contributed by atoms with Gasteiger partial charge in [0.2, 0.25) is 5.91 Å². The number of amides is 2. The van der Waals surface area contributed by atoms with Gasteiger partial charge in [0.25, 0.3) is 5.91 Å². The molecule has 2 saturated heterocycles. The Bertz CT molecular complexity index is 2370. The van der Waals surface area contributed by atoms with E-state index in [-0.39, 0.29) is 24.0 Å². The lowest BCUT2D eigenvalue weighted by atomic mass is 9.92. The SMILES string of the molecule is CC(=O)N1CCc2c(c(N3CCCc4cc(C#N)ncc43)nn2C2CCN(CC3CCN(c4ccc(C(=O)NC5CCC(Oc6ccc(C#N)c(Cl)c6)CC5)nn4)CC3)CC2)C1. The van der Waals surface area contributed by atoms with E-state index in [2.05, 4.69) is 52.0 Å². The van der Waals surface area contributed by atoms with Gasteiger partial charge < -0.3 is 29.7 Å². The predicted molar refractivity (Wildman–Crippen MR) is 233 cm³/mol. The van der Waals surface area contributed by atoms with Crippen molar-refractivity contribution < 1.29 is 14.3 Å². The van der Waals surface area contributed by atoms with Crippen LogP contribution in [-0.2, 0) is 24.2 Å². The number of aromatic nitrogens is 5. The number of aryl methyl sites for hydroxylation is 1. The maximum atomic E-state index is 13.1. The molecule has 3 aromatic heterocycles. The molecular weight excluding hydrogens is 804 g/mol. The smallest absolute Gasteiger partial charge is 0.272 e. The Morgan fingerprint density at radius 1 is 0.903 bits per heavy atom. The van der Waals surface area contributed by atoms with Crippen molar-refractivity contribution in [2.75, 3.05) is 55.6 Å². The zero-order chi connectivity index (χ0) is 42.7. The van der Waals surface area contributed by atoms with Crippen LogP contribution in [0.3, 0.4) is 0 Å². The van der Waals surface area contributed by atoms with E-state index >= 15 is 0 Å². The molecule has 0 unspecified atom stereocenters. The zero-order valence-corrected chi connectivity index (χ0v) is 36.1. The van der Waals surface area contributed by atoms with Crippen molar-refractivity contribution in [3.63, 3.8) is 0 Å². The number of carbonyl (C=O) groups is 2. The van der Waals surface area contributed by atoms with Gasteiger partial charge in [-0.15, -0.1) is 10.2 Å². The van der Waals surface area contributed by atoms with Gasteiger partial charge in [-0.1, -0.05) is 11.6 Å². The fourth-order valence-corrected chi connectivity index (χ4v) is 10.3. The van der Waals surface area contributed by atoms with Gasteiger partial charge in [-0.05, 0) is 106 Å².